The van der Waals surface area contributed by atoms with E-state index >= 15 is 0 Å². The van der Waals surface area contributed by atoms with Crippen LogP contribution in [-0.2, 0) is 9.53 Å². The standard InChI is InChI=1S/C20H30O4/c1-7-6-10-14(19(10,4)5)15-16(21)8(2)11-13-9(3)17(22)12(7)20(13,15)24-18(11)23/h7-17,21-22H,6H2,1-5H3/t7-,8?,9?,10?,11+,12-,13+,14-,15-,16?,17?,20+/m1/s1. The average Bonchev–Trinajstić information content (AvgIpc) is 2.82. The number of esters is 1. The maximum Gasteiger partial charge on any atom is 0.310 e. The summed E-state index contributed by atoms with van der Waals surface area (Å²) in [6.45, 7) is 10.9. The van der Waals surface area contributed by atoms with E-state index in [-0.39, 0.29) is 46.9 Å². The van der Waals surface area contributed by atoms with Crippen LogP contribution in [0.25, 0.3) is 0 Å². The lowest BCUT2D eigenvalue weighted by Gasteiger charge is -2.50. The SMILES string of the molecule is CC1C(O)[C@H]2[C@H]3C(C[C@@H](C)[C@@H]4C(O)C(C)[C@H]5[C@H]1C(=O)O[C@]425)C3(C)C. The van der Waals surface area contributed by atoms with Crippen molar-refractivity contribution in [3.63, 3.8) is 0 Å². The van der Waals surface area contributed by atoms with Crippen LogP contribution < -0.4 is 0 Å². The summed E-state index contributed by atoms with van der Waals surface area (Å²) in [4.78, 5) is 12.8. The first-order chi connectivity index (χ1) is 11.2. The highest BCUT2D eigenvalue weighted by Gasteiger charge is 2.82. The molecule has 2 bridgehead atoms. The molecule has 0 aromatic heterocycles. The monoisotopic (exact) mass is 334 g/mol. The molecule has 1 spiro atoms. The summed E-state index contributed by atoms with van der Waals surface area (Å²) in [6, 6.07) is 0. The van der Waals surface area contributed by atoms with Gasteiger partial charge in [-0.15, -0.1) is 0 Å². The van der Waals surface area contributed by atoms with Crippen molar-refractivity contribution >= 4 is 5.97 Å². The van der Waals surface area contributed by atoms with E-state index in [9.17, 15) is 15.0 Å². The summed E-state index contributed by atoms with van der Waals surface area (Å²) < 4.78 is 6.23. The van der Waals surface area contributed by atoms with Crippen LogP contribution in [0.5, 0.6) is 0 Å². The summed E-state index contributed by atoms with van der Waals surface area (Å²) in [7, 11) is 0. The van der Waals surface area contributed by atoms with Crippen LogP contribution in [0.4, 0.5) is 0 Å². The molecule has 4 saturated carbocycles. The number of ether oxygens (including phenoxy) is 1. The van der Waals surface area contributed by atoms with Gasteiger partial charge in [0.1, 0.15) is 5.60 Å². The van der Waals surface area contributed by atoms with Crippen molar-refractivity contribution in [2.75, 3.05) is 0 Å². The molecule has 134 valence electrons. The van der Waals surface area contributed by atoms with Crippen LogP contribution in [-0.4, -0.2) is 34.0 Å². The van der Waals surface area contributed by atoms with E-state index in [1.165, 1.54) is 0 Å². The van der Waals surface area contributed by atoms with Gasteiger partial charge in [-0.1, -0.05) is 34.6 Å². The zero-order valence-corrected chi connectivity index (χ0v) is 15.3. The van der Waals surface area contributed by atoms with E-state index in [2.05, 4.69) is 27.7 Å². The molecule has 4 heteroatoms. The first-order valence-electron chi connectivity index (χ1n) is 9.74. The number of carbonyl (C=O) groups is 1. The highest BCUT2D eigenvalue weighted by molar-refractivity contribution is 5.78. The Labute approximate surface area is 144 Å². The number of hydrogen-bond donors (Lipinski definition) is 2. The van der Waals surface area contributed by atoms with E-state index in [0.29, 0.717) is 17.8 Å². The third-order valence-corrected chi connectivity index (χ3v) is 9.21. The summed E-state index contributed by atoms with van der Waals surface area (Å²) in [5.74, 6) is 0.902. The van der Waals surface area contributed by atoms with Gasteiger partial charge in [-0.25, -0.2) is 0 Å². The molecule has 1 heterocycles. The lowest BCUT2D eigenvalue weighted by Crippen LogP contribution is -2.59. The fourth-order valence-electron chi connectivity index (χ4n) is 8.20. The van der Waals surface area contributed by atoms with Crippen LogP contribution in [0, 0.1) is 58.7 Å². The van der Waals surface area contributed by atoms with Crippen LogP contribution in [0.2, 0.25) is 0 Å². The van der Waals surface area contributed by atoms with Gasteiger partial charge in [-0.05, 0) is 41.4 Å². The Kier molecular flexibility index (Phi) is 2.73. The molecule has 5 unspecified atom stereocenters. The second-order valence-electron chi connectivity index (χ2n) is 10.2. The molecule has 1 aliphatic heterocycles. The Morgan fingerprint density at radius 2 is 1.58 bits per heavy atom. The first kappa shape index (κ1) is 15.6. The molecule has 0 amide bonds. The summed E-state index contributed by atoms with van der Waals surface area (Å²) in [5, 5.41) is 22.3. The predicted octanol–water partition coefficient (Wildman–Crippen LogP) is 2.08. The normalized spacial score (nSPS) is 65.6. The second-order valence-corrected chi connectivity index (χ2v) is 10.2. The predicted molar refractivity (Wildman–Crippen MR) is 87.7 cm³/mol. The minimum absolute atomic E-state index is 0.0188. The Morgan fingerprint density at radius 1 is 0.958 bits per heavy atom. The largest absolute Gasteiger partial charge is 0.458 e. The Bertz CT molecular complexity index is 615. The van der Waals surface area contributed by atoms with E-state index < -0.39 is 17.8 Å². The number of aliphatic hydroxyl groups is 2. The fraction of sp³-hybridized carbons (Fsp3) is 0.950. The quantitative estimate of drug-likeness (QED) is 0.666. The van der Waals surface area contributed by atoms with Gasteiger partial charge in [0.25, 0.3) is 0 Å². The topological polar surface area (TPSA) is 66.8 Å². The zero-order valence-electron chi connectivity index (χ0n) is 15.3. The second kappa shape index (κ2) is 4.20. The maximum absolute atomic E-state index is 12.8. The van der Waals surface area contributed by atoms with Gasteiger partial charge in [0, 0.05) is 17.8 Å². The molecule has 4 aliphatic carbocycles. The minimum Gasteiger partial charge on any atom is -0.458 e. The molecule has 0 aromatic carbocycles. The van der Waals surface area contributed by atoms with Crippen LogP contribution >= 0.6 is 0 Å². The van der Waals surface area contributed by atoms with Crippen molar-refractivity contribution in [1.29, 1.82) is 0 Å². The van der Waals surface area contributed by atoms with Gasteiger partial charge in [0.2, 0.25) is 0 Å². The number of carbonyl (C=O) groups excluding carboxylic acids is 1. The van der Waals surface area contributed by atoms with E-state index in [0.717, 1.165) is 6.42 Å². The molecule has 1 saturated heterocycles. The zero-order chi connectivity index (χ0) is 17.3. The number of fused-ring (bicyclic) bond motifs is 2. The highest BCUT2D eigenvalue weighted by Crippen LogP contribution is 2.77. The maximum atomic E-state index is 12.8. The van der Waals surface area contributed by atoms with Gasteiger partial charge in [0.15, 0.2) is 0 Å². The average molecular weight is 334 g/mol. The molecule has 2 N–H and O–H groups in total. The number of rotatable bonds is 0. The van der Waals surface area contributed by atoms with Crippen molar-refractivity contribution < 1.29 is 19.7 Å². The molecule has 0 radical (unpaired) electrons. The van der Waals surface area contributed by atoms with Gasteiger partial charge in [0.05, 0.1) is 18.1 Å². The first-order valence-corrected chi connectivity index (χ1v) is 9.74. The van der Waals surface area contributed by atoms with Gasteiger partial charge < -0.3 is 14.9 Å². The minimum atomic E-state index is -0.640. The number of aliphatic hydroxyl groups excluding tert-OH is 2. The van der Waals surface area contributed by atoms with Crippen molar-refractivity contribution in [3.05, 3.63) is 0 Å². The molecule has 4 nitrogen and oxygen atoms in total. The van der Waals surface area contributed by atoms with Crippen molar-refractivity contribution in [1.82, 2.24) is 0 Å². The van der Waals surface area contributed by atoms with Crippen molar-refractivity contribution in [2.24, 2.45) is 58.7 Å². The van der Waals surface area contributed by atoms with Crippen LogP contribution in [0.15, 0.2) is 0 Å². The lowest BCUT2D eigenvalue weighted by molar-refractivity contribution is -0.178. The van der Waals surface area contributed by atoms with Gasteiger partial charge in [-0.3, -0.25) is 4.79 Å². The van der Waals surface area contributed by atoms with Crippen molar-refractivity contribution in [2.45, 2.75) is 58.8 Å². The van der Waals surface area contributed by atoms with E-state index in [1.54, 1.807) is 0 Å². The molecule has 5 fully saturated rings. The van der Waals surface area contributed by atoms with E-state index in [4.69, 9.17) is 4.74 Å². The molecule has 24 heavy (non-hydrogen) atoms. The van der Waals surface area contributed by atoms with Crippen LogP contribution in [0.1, 0.15) is 41.0 Å². The molecule has 5 rings (SSSR count). The van der Waals surface area contributed by atoms with Crippen molar-refractivity contribution in [3.8, 4) is 0 Å². The third-order valence-electron chi connectivity index (χ3n) is 9.21. The fourth-order valence-corrected chi connectivity index (χ4v) is 8.20. The van der Waals surface area contributed by atoms with Gasteiger partial charge >= 0.3 is 5.97 Å². The summed E-state index contributed by atoms with van der Waals surface area (Å²) >= 11 is 0. The van der Waals surface area contributed by atoms with Gasteiger partial charge in [-0.2, -0.15) is 0 Å². The van der Waals surface area contributed by atoms with E-state index in [1.807, 2.05) is 6.92 Å². The molecular formula is C20H30O4. The molecule has 0 aromatic rings. The smallest absolute Gasteiger partial charge is 0.310 e. The Morgan fingerprint density at radius 3 is 2.25 bits per heavy atom. The third kappa shape index (κ3) is 1.38. The summed E-state index contributed by atoms with van der Waals surface area (Å²) in [5.41, 5.74) is -0.443. The van der Waals surface area contributed by atoms with Crippen LogP contribution in [0.3, 0.4) is 0 Å². The highest BCUT2D eigenvalue weighted by atomic mass is 16.6. The Balaban J connectivity index is 1.75. The Hall–Kier alpha value is -0.610. The lowest BCUT2D eigenvalue weighted by atomic mass is 9.56. The molecular weight excluding hydrogens is 304 g/mol. The molecule has 5 aliphatic rings. The molecule has 12 atom stereocenters. The number of hydrogen-bond acceptors (Lipinski definition) is 4. The summed E-state index contributed by atoms with van der Waals surface area (Å²) in [6.07, 6.45) is 0.138.